The second-order valence-corrected chi connectivity index (χ2v) is 7.01. The van der Waals surface area contributed by atoms with Crippen LogP contribution in [0.2, 0.25) is 0 Å². The van der Waals surface area contributed by atoms with Crippen molar-refractivity contribution in [3.63, 3.8) is 0 Å². The van der Waals surface area contributed by atoms with Gasteiger partial charge in [-0.05, 0) is 25.0 Å². The molecule has 1 atom stereocenters. The second-order valence-electron chi connectivity index (χ2n) is 7.01. The quantitative estimate of drug-likeness (QED) is 0.819. The number of hydrogen-bond acceptors (Lipinski definition) is 3. The molecule has 0 saturated carbocycles. The van der Waals surface area contributed by atoms with E-state index in [1.165, 1.54) is 5.56 Å². The van der Waals surface area contributed by atoms with Crippen molar-refractivity contribution in [3.8, 4) is 0 Å². The molecule has 6 nitrogen and oxygen atoms in total. The molecule has 1 aromatic carbocycles. The Bertz CT molecular complexity index is 705. The van der Waals surface area contributed by atoms with Gasteiger partial charge in [-0.3, -0.25) is 9.58 Å². The summed E-state index contributed by atoms with van der Waals surface area (Å²) in [6.45, 7) is 7.16. The van der Waals surface area contributed by atoms with Crippen LogP contribution in [0.3, 0.4) is 0 Å². The standard InChI is InChI=1S/C21H29N5O/c1-19(10-14-26-13-6-11-22-26)23-21(27)25-17-15-24(16-18-25)12-5-9-20-7-3-2-4-8-20/h2-9,11,13,19H,10,12,14-18H2,1H3,(H,23,27)/b9-5+. The van der Waals surface area contributed by atoms with Crippen LogP contribution in [-0.2, 0) is 6.54 Å². The molecule has 2 heterocycles. The summed E-state index contributed by atoms with van der Waals surface area (Å²) < 4.78 is 1.89. The van der Waals surface area contributed by atoms with Crippen molar-refractivity contribution in [1.82, 2.24) is 24.9 Å². The maximum Gasteiger partial charge on any atom is 0.317 e. The lowest BCUT2D eigenvalue weighted by Gasteiger charge is -2.34. The minimum Gasteiger partial charge on any atom is -0.335 e. The molecule has 2 aromatic rings. The Morgan fingerprint density at radius 2 is 1.96 bits per heavy atom. The third-order valence-electron chi connectivity index (χ3n) is 4.85. The molecule has 1 fully saturated rings. The zero-order valence-electron chi connectivity index (χ0n) is 16.0. The van der Waals surface area contributed by atoms with E-state index in [0.717, 1.165) is 45.7 Å². The van der Waals surface area contributed by atoms with E-state index in [2.05, 4.69) is 39.6 Å². The van der Waals surface area contributed by atoms with E-state index in [-0.39, 0.29) is 12.1 Å². The molecule has 1 aliphatic heterocycles. The van der Waals surface area contributed by atoms with E-state index in [4.69, 9.17) is 0 Å². The van der Waals surface area contributed by atoms with Crippen molar-refractivity contribution in [2.45, 2.75) is 25.9 Å². The highest BCUT2D eigenvalue weighted by molar-refractivity contribution is 5.74. The van der Waals surface area contributed by atoms with Crippen LogP contribution in [0.1, 0.15) is 18.9 Å². The highest BCUT2D eigenvalue weighted by atomic mass is 16.2. The number of nitrogens with zero attached hydrogens (tertiary/aromatic N) is 4. The zero-order valence-corrected chi connectivity index (χ0v) is 16.0. The third kappa shape index (κ3) is 6.25. The summed E-state index contributed by atoms with van der Waals surface area (Å²) in [5.74, 6) is 0. The number of piperazine rings is 1. The summed E-state index contributed by atoms with van der Waals surface area (Å²) in [7, 11) is 0. The van der Waals surface area contributed by atoms with Crippen molar-refractivity contribution in [3.05, 3.63) is 60.4 Å². The van der Waals surface area contributed by atoms with Gasteiger partial charge in [0.2, 0.25) is 0 Å². The monoisotopic (exact) mass is 367 g/mol. The van der Waals surface area contributed by atoms with Gasteiger partial charge in [-0.2, -0.15) is 5.10 Å². The highest BCUT2D eigenvalue weighted by Crippen LogP contribution is 2.06. The number of amides is 2. The van der Waals surface area contributed by atoms with Crippen LogP contribution in [0.25, 0.3) is 6.08 Å². The minimum absolute atomic E-state index is 0.0439. The Morgan fingerprint density at radius 1 is 1.19 bits per heavy atom. The van der Waals surface area contributed by atoms with Crippen LogP contribution in [-0.4, -0.2) is 64.4 Å². The molecule has 1 saturated heterocycles. The van der Waals surface area contributed by atoms with Gasteiger partial charge < -0.3 is 10.2 Å². The third-order valence-corrected chi connectivity index (χ3v) is 4.85. The number of carbonyl (C=O) groups is 1. The lowest BCUT2D eigenvalue weighted by molar-refractivity contribution is 0.144. The maximum atomic E-state index is 12.4. The molecule has 1 aliphatic rings. The van der Waals surface area contributed by atoms with Crippen molar-refractivity contribution in [2.24, 2.45) is 0 Å². The first-order valence-electron chi connectivity index (χ1n) is 9.67. The van der Waals surface area contributed by atoms with Gasteiger partial charge in [-0.1, -0.05) is 42.5 Å². The molecule has 0 bridgehead atoms. The highest BCUT2D eigenvalue weighted by Gasteiger charge is 2.21. The molecule has 0 spiro atoms. The van der Waals surface area contributed by atoms with Crippen LogP contribution < -0.4 is 5.32 Å². The maximum absolute atomic E-state index is 12.4. The first kappa shape index (κ1) is 19.2. The van der Waals surface area contributed by atoms with Gasteiger partial charge in [0.25, 0.3) is 0 Å². The van der Waals surface area contributed by atoms with Crippen LogP contribution in [0.5, 0.6) is 0 Å². The summed E-state index contributed by atoms with van der Waals surface area (Å²) >= 11 is 0. The fourth-order valence-corrected chi connectivity index (χ4v) is 3.17. The molecule has 6 heteroatoms. The number of aromatic nitrogens is 2. The number of aryl methyl sites for hydroxylation is 1. The summed E-state index contributed by atoms with van der Waals surface area (Å²) in [5, 5.41) is 7.30. The number of nitrogens with one attached hydrogen (secondary N) is 1. The Balaban J connectivity index is 1.34. The number of carbonyl (C=O) groups excluding carboxylic acids is 1. The molecule has 0 aliphatic carbocycles. The van der Waals surface area contributed by atoms with Gasteiger partial charge in [0.05, 0.1) is 0 Å². The fraction of sp³-hybridized carbons (Fsp3) is 0.429. The summed E-state index contributed by atoms with van der Waals surface area (Å²) in [6, 6.07) is 12.4. The topological polar surface area (TPSA) is 53.4 Å². The van der Waals surface area contributed by atoms with E-state index < -0.39 is 0 Å². The SMILES string of the molecule is CC(CCn1cccn1)NC(=O)N1CCN(C/C=C/c2ccccc2)CC1. The van der Waals surface area contributed by atoms with Crippen LogP contribution in [0.15, 0.2) is 54.9 Å². The van der Waals surface area contributed by atoms with Crippen LogP contribution in [0, 0.1) is 0 Å². The summed E-state index contributed by atoms with van der Waals surface area (Å²) in [4.78, 5) is 16.7. The Hall–Kier alpha value is -2.60. The van der Waals surface area contributed by atoms with Gasteiger partial charge >= 0.3 is 6.03 Å². The lowest BCUT2D eigenvalue weighted by Crippen LogP contribution is -2.53. The predicted octanol–water partition coefficient (Wildman–Crippen LogP) is 2.70. The van der Waals surface area contributed by atoms with Crippen molar-refractivity contribution < 1.29 is 4.79 Å². The van der Waals surface area contributed by atoms with Gasteiger partial charge in [0.15, 0.2) is 0 Å². The number of urea groups is 1. The van der Waals surface area contributed by atoms with E-state index in [9.17, 15) is 4.79 Å². The summed E-state index contributed by atoms with van der Waals surface area (Å²) in [5.41, 5.74) is 1.22. The molecular weight excluding hydrogens is 338 g/mol. The van der Waals surface area contributed by atoms with Gasteiger partial charge in [0.1, 0.15) is 0 Å². The first-order chi connectivity index (χ1) is 13.2. The van der Waals surface area contributed by atoms with E-state index in [1.807, 2.05) is 47.0 Å². The second kappa shape index (κ2) is 9.92. The average molecular weight is 367 g/mol. The zero-order chi connectivity index (χ0) is 18.9. The first-order valence-corrected chi connectivity index (χ1v) is 9.67. The van der Waals surface area contributed by atoms with Crippen molar-refractivity contribution >= 4 is 12.1 Å². The van der Waals surface area contributed by atoms with E-state index >= 15 is 0 Å². The minimum atomic E-state index is 0.0439. The molecule has 2 amide bonds. The van der Waals surface area contributed by atoms with Gasteiger partial charge in [0, 0.05) is 57.7 Å². The Labute approximate surface area is 161 Å². The fourth-order valence-electron chi connectivity index (χ4n) is 3.17. The molecule has 3 rings (SSSR count). The van der Waals surface area contributed by atoms with Gasteiger partial charge in [-0.25, -0.2) is 4.79 Å². The molecule has 1 unspecified atom stereocenters. The normalized spacial score (nSPS) is 16.6. The Kier molecular flexibility index (Phi) is 7.04. The molecule has 144 valence electrons. The molecular formula is C21H29N5O. The molecule has 1 N–H and O–H groups in total. The predicted molar refractivity (Wildman–Crippen MR) is 108 cm³/mol. The van der Waals surface area contributed by atoms with E-state index in [1.54, 1.807) is 6.20 Å². The largest absolute Gasteiger partial charge is 0.335 e. The van der Waals surface area contributed by atoms with Crippen molar-refractivity contribution in [1.29, 1.82) is 0 Å². The lowest BCUT2D eigenvalue weighted by atomic mass is 10.2. The molecule has 0 radical (unpaired) electrons. The smallest absolute Gasteiger partial charge is 0.317 e. The summed E-state index contributed by atoms with van der Waals surface area (Å²) in [6.07, 6.45) is 8.94. The molecule has 1 aromatic heterocycles. The van der Waals surface area contributed by atoms with Gasteiger partial charge in [-0.15, -0.1) is 0 Å². The van der Waals surface area contributed by atoms with Crippen LogP contribution >= 0.6 is 0 Å². The Morgan fingerprint density at radius 3 is 2.67 bits per heavy atom. The van der Waals surface area contributed by atoms with E-state index in [0.29, 0.717) is 0 Å². The molecule has 27 heavy (non-hydrogen) atoms. The average Bonchev–Trinajstić information content (AvgIpc) is 3.21. The van der Waals surface area contributed by atoms with Crippen LogP contribution in [0.4, 0.5) is 4.79 Å². The number of hydrogen-bond donors (Lipinski definition) is 1. The number of rotatable bonds is 7. The number of benzene rings is 1. The van der Waals surface area contributed by atoms with Crippen molar-refractivity contribution in [2.75, 3.05) is 32.7 Å².